The van der Waals surface area contributed by atoms with Gasteiger partial charge in [-0.2, -0.15) is 0 Å². The highest BCUT2D eigenvalue weighted by Gasteiger charge is 2.25. The van der Waals surface area contributed by atoms with Gasteiger partial charge in [-0.1, -0.05) is 0 Å². The predicted molar refractivity (Wildman–Crippen MR) is 58.5 cm³/mol. The Bertz CT molecular complexity index is 411. The Hall–Kier alpha value is -1.84. The Balaban J connectivity index is 2.05. The average Bonchev–Trinajstić information content (AvgIpc) is 2.65. The molecule has 0 spiro atoms. The van der Waals surface area contributed by atoms with Crippen molar-refractivity contribution in [3.63, 3.8) is 0 Å². The number of ether oxygens (including phenoxy) is 1. The van der Waals surface area contributed by atoms with Crippen LogP contribution in [0.5, 0.6) is 5.75 Å². The Kier molecular flexibility index (Phi) is 2.90. The Morgan fingerprint density at radius 2 is 2.06 bits per heavy atom. The first kappa shape index (κ1) is 10.7. The predicted octanol–water partition coefficient (Wildman–Crippen LogP) is 1.16. The van der Waals surface area contributed by atoms with Crippen LogP contribution in [0.3, 0.4) is 0 Å². The second-order valence-corrected chi connectivity index (χ2v) is 3.77. The van der Waals surface area contributed by atoms with Crippen molar-refractivity contribution in [3.05, 3.63) is 29.8 Å². The van der Waals surface area contributed by atoms with Gasteiger partial charge in [0.15, 0.2) is 11.9 Å². The van der Waals surface area contributed by atoms with Crippen LogP contribution in [0.4, 0.5) is 0 Å². The third-order valence-corrected chi connectivity index (χ3v) is 2.54. The van der Waals surface area contributed by atoms with E-state index in [1.807, 2.05) is 0 Å². The van der Waals surface area contributed by atoms with Crippen molar-refractivity contribution in [3.8, 4) is 5.75 Å². The third-order valence-electron chi connectivity index (χ3n) is 2.54. The number of carbonyl (C=O) groups is 2. The van der Waals surface area contributed by atoms with Crippen LogP contribution >= 0.6 is 0 Å². The molecule has 1 heterocycles. The summed E-state index contributed by atoms with van der Waals surface area (Å²) in [6.07, 6.45) is 0.288. The second-order valence-electron chi connectivity index (χ2n) is 3.77. The van der Waals surface area contributed by atoms with Crippen molar-refractivity contribution < 1.29 is 14.3 Å². The summed E-state index contributed by atoms with van der Waals surface area (Å²) in [5.41, 5.74) is 0.642. The molecule has 1 aromatic carbocycles. The van der Waals surface area contributed by atoms with Crippen LogP contribution in [-0.4, -0.2) is 24.3 Å². The van der Waals surface area contributed by atoms with Gasteiger partial charge in [0.05, 0.1) is 0 Å². The highest BCUT2D eigenvalue weighted by molar-refractivity contribution is 5.94. The molecule has 84 valence electrons. The lowest BCUT2D eigenvalue weighted by molar-refractivity contribution is -0.124. The number of ketones is 1. The van der Waals surface area contributed by atoms with Gasteiger partial charge in [0, 0.05) is 18.5 Å². The monoisotopic (exact) mass is 219 g/mol. The fourth-order valence-corrected chi connectivity index (χ4v) is 1.62. The number of rotatable bonds is 3. The molecule has 4 heteroatoms. The van der Waals surface area contributed by atoms with Crippen LogP contribution < -0.4 is 10.1 Å². The summed E-state index contributed by atoms with van der Waals surface area (Å²) in [5.74, 6) is 0.563. The Morgan fingerprint density at radius 1 is 1.38 bits per heavy atom. The molecule has 1 amide bonds. The van der Waals surface area contributed by atoms with E-state index >= 15 is 0 Å². The zero-order valence-electron chi connectivity index (χ0n) is 9.03. The standard InChI is InChI=1S/C12H13NO3/c1-8(14)9-2-4-10(5-3-9)16-11-6-7-13-12(11)15/h2-5,11H,6-7H2,1H3,(H,13,15). The van der Waals surface area contributed by atoms with Gasteiger partial charge in [0.25, 0.3) is 5.91 Å². The molecule has 1 aromatic rings. The van der Waals surface area contributed by atoms with Crippen molar-refractivity contribution in [2.45, 2.75) is 19.4 Å². The topological polar surface area (TPSA) is 55.4 Å². The molecule has 0 saturated carbocycles. The maximum absolute atomic E-state index is 11.3. The second kappa shape index (κ2) is 4.35. The number of nitrogens with one attached hydrogen (secondary N) is 1. The summed E-state index contributed by atoms with van der Waals surface area (Å²) in [7, 11) is 0. The van der Waals surface area contributed by atoms with Crippen molar-refractivity contribution in [1.82, 2.24) is 5.32 Å². The molecule has 0 aromatic heterocycles. The quantitative estimate of drug-likeness (QED) is 0.776. The first-order chi connectivity index (χ1) is 7.66. The van der Waals surface area contributed by atoms with Crippen molar-refractivity contribution >= 4 is 11.7 Å². The number of carbonyl (C=O) groups excluding carboxylic acids is 2. The highest BCUT2D eigenvalue weighted by atomic mass is 16.5. The molecular formula is C12H13NO3. The molecule has 2 rings (SSSR count). The van der Waals surface area contributed by atoms with Crippen molar-refractivity contribution in [1.29, 1.82) is 0 Å². The molecule has 16 heavy (non-hydrogen) atoms. The molecule has 1 atom stereocenters. The van der Waals surface area contributed by atoms with E-state index in [1.165, 1.54) is 6.92 Å². The normalized spacial score (nSPS) is 19.3. The van der Waals surface area contributed by atoms with E-state index < -0.39 is 6.10 Å². The highest BCUT2D eigenvalue weighted by Crippen LogP contribution is 2.16. The van der Waals surface area contributed by atoms with Gasteiger partial charge in [-0.05, 0) is 31.2 Å². The first-order valence-electron chi connectivity index (χ1n) is 5.22. The zero-order valence-corrected chi connectivity index (χ0v) is 9.03. The molecule has 4 nitrogen and oxygen atoms in total. The Labute approximate surface area is 93.6 Å². The maximum Gasteiger partial charge on any atom is 0.261 e. The molecule has 1 aliphatic heterocycles. The third kappa shape index (κ3) is 2.21. The number of benzene rings is 1. The molecule has 1 aliphatic rings. The largest absolute Gasteiger partial charge is 0.481 e. The van der Waals surface area contributed by atoms with E-state index in [9.17, 15) is 9.59 Å². The summed E-state index contributed by atoms with van der Waals surface area (Å²) in [4.78, 5) is 22.3. The minimum Gasteiger partial charge on any atom is -0.481 e. The lowest BCUT2D eigenvalue weighted by Crippen LogP contribution is -2.27. The van der Waals surface area contributed by atoms with Crippen LogP contribution in [0, 0.1) is 0 Å². The van der Waals surface area contributed by atoms with E-state index in [4.69, 9.17) is 4.74 Å². The van der Waals surface area contributed by atoms with E-state index in [-0.39, 0.29) is 11.7 Å². The van der Waals surface area contributed by atoms with Gasteiger partial charge in [0.2, 0.25) is 0 Å². The minimum atomic E-state index is -0.400. The molecule has 1 saturated heterocycles. The van der Waals surface area contributed by atoms with E-state index in [0.717, 1.165) is 0 Å². The van der Waals surface area contributed by atoms with Crippen LogP contribution in [0.2, 0.25) is 0 Å². The fraction of sp³-hybridized carbons (Fsp3) is 0.333. The van der Waals surface area contributed by atoms with Gasteiger partial charge in [-0.3, -0.25) is 9.59 Å². The van der Waals surface area contributed by atoms with Gasteiger partial charge >= 0.3 is 0 Å². The fourth-order valence-electron chi connectivity index (χ4n) is 1.62. The summed E-state index contributed by atoms with van der Waals surface area (Å²) in [5, 5.41) is 2.70. The molecule has 1 fully saturated rings. The lowest BCUT2D eigenvalue weighted by atomic mass is 10.1. The van der Waals surface area contributed by atoms with Gasteiger partial charge in [0.1, 0.15) is 5.75 Å². The van der Waals surface area contributed by atoms with Crippen molar-refractivity contribution in [2.75, 3.05) is 6.54 Å². The number of amides is 1. The average molecular weight is 219 g/mol. The summed E-state index contributed by atoms with van der Waals surface area (Å²) in [6.45, 7) is 2.18. The molecular weight excluding hydrogens is 206 g/mol. The summed E-state index contributed by atoms with van der Waals surface area (Å²) >= 11 is 0. The van der Waals surface area contributed by atoms with Gasteiger partial charge in [-0.15, -0.1) is 0 Å². The number of hydrogen-bond acceptors (Lipinski definition) is 3. The molecule has 1 N–H and O–H groups in total. The number of Topliss-reactive ketones (excluding diaryl/α,β-unsaturated/α-hetero) is 1. The van der Waals surface area contributed by atoms with Crippen molar-refractivity contribution in [2.24, 2.45) is 0 Å². The maximum atomic E-state index is 11.3. The van der Waals surface area contributed by atoms with E-state index in [2.05, 4.69) is 5.32 Å². The van der Waals surface area contributed by atoms with E-state index in [0.29, 0.717) is 24.3 Å². The zero-order chi connectivity index (χ0) is 11.5. The minimum absolute atomic E-state index is 0.0187. The van der Waals surface area contributed by atoms with E-state index in [1.54, 1.807) is 24.3 Å². The van der Waals surface area contributed by atoms with Crippen LogP contribution in [-0.2, 0) is 4.79 Å². The van der Waals surface area contributed by atoms with Gasteiger partial charge < -0.3 is 10.1 Å². The SMILES string of the molecule is CC(=O)c1ccc(OC2CCNC2=O)cc1. The molecule has 0 aliphatic carbocycles. The Morgan fingerprint density at radius 3 is 2.56 bits per heavy atom. The summed E-state index contributed by atoms with van der Waals surface area (Å²) in [6, 6.07) is 6.82. The molecule has 0 radical (unpaired) electrons. The molecule has 0 bridgehead atoms. The van der Waals surface area contributed by atoms with Gasteiger partial charge in [-0.25, -0.2) is 0 Å². The van der Waals surface area contributed by atoms with Crippen LogP contribution in [0.1, 0.15) is 23.7 Å². The van der Waals surface area contributed by atoms with Crippen LogP contribution in [0.15, 0.2) is 24.3 Å². The first-order valence-corrected chi connectivity index (χ1v) is 5.22. The smallest absolute Gasteiger partial charge is 0.261 e. The summed E-state index contributed by atoms with van der Waals surface area (Å²) < 4.78 is 5.50. The molecule has 1 unspecified atom stereocenters. The number of hydrogen-bond donors (Lipinski definition) is 1. The lowest BCUT2D eigenvalue weighted by Gasteiger charge is -2.10. The van der Waals surface area contributed by atoms with Crippen LogP contribution in [0.25, 0.3) is 0 Å².